The van der Waals surface area contributed by atoms with E-state index in [1.807, 2.05) is 13.8 Å². The molecule has 6 heteroatoms. The van der Waals surface area contributed by atoms with E-state index in [1.54, 1.807) is 17.0 Å². The van der Waals surface area contributed by atoms with Crippen LogP contribution in [-0.2, 0) is 20.8 Å². The van der Waals surface area contributed by atoms with E-state index >= 15 is 0 Å². The smallest absolute Gasteiger partial charge is 0.266 e. The van der Waals surface area contributed by atoms with Crippen LogP contribution in [0.5, 0.6) is 0 Å². The van der Waals surface area contributed by atoms with Gasteiger partial charge in [0, 0.05) is 38.3 Å². The number of hydrogen-bond acceptors (Lipinski definition) is 4. The zero-order chi connectivity index (χ0) is 19.4. The average Bonchev–Trinajstić information content (AvgIpc) is 3.11. The molecule has 2 aliphatic heterocycles. The fourth-order valence-electron chi connectivity index (χ4n) is 3.71. The summed E-state index contributed by atoms with van der Waals surface area (Å²) in [5.74, 6) is 0.163. The number of carbonyl (C=O) groups excluding carboxylic acids is 2. The Bertz CT molecular complexity index is 715. The first-order valence-electron chi connectivity index (χ1n) is 9.70. The molecule has 0 saturated carbocycles. The van der Waals surface area contributed by atoms with E-state index in [2.05, 4.69) is 5.16 Å². The molecular weight excluding hydrogens is 347 g/mol. The third kappa shape index (κ3) is 5.15. The molecule has 146 valence electrons. The first-order chi connectivity index (χ1) is 12.9. The number of carbonyl (C=O) groups is 2. The number of Topliss-reactive ketones (excluding diaryl/α,β-unsaturated/α-hetero) is 1. The van der Waals surface area contributed by atoms with Gasteiger partial charge in [-0.25, -0.2) is 4.39 Å². The molecule has 1 saturated heterocycles. The summed E-state index contributed by atoms with van der Waals surface area (Å²) in [6.07, 6.45) is 2.64. The van der Waals surface area contributed by atoms with Gasteiger partial charge in [0.25, 0.3) is 5.91 Å². The molecule has 2 aliphatic rings. The van der Waals surface area contributed by atoms with E-state index in [4.69, 9.17) is 4.84 Å². The van der Waals surface area contributed by atoms with Gasteiger partial charge in [0.15, 0.2) is 0 Å². The molecule has 0 bridgehead atoms. The predicted octanol–water partition coefficient (Wildman–Crippen LogP) is 3.37. The lowest BCUT2D eigenvalue weighted by Gasteiger charge is -2.33. The quantitative estimate of drug-likeness (QED) is 0.767. The zero-order valence-corrected chi connectivity index (χ0v) is 16.0. The second-order valence-electron chi connectivity index (χ2n) is 7.95. The number of oxime groups is 1. The predicted molar refractivity (Wildman–Crippen MR) is 101 cm³/mol. The molecule has 0 spiro atoms. The third-order valence-corrected chi connectivity index (χ3v) is 5.12. The summed E-state index contributed by atoms with van der Waals surface area (Å²) in [6, 6.07) is 6.25. The molecule has 1 fully saturated rings. The Morgan fingerprint density at radius 3 is 2.74 bits per heavy atom. The zero-order valence-electron chi connectivity index (χ0n) is 16.0. The Morgan fingerprint density at radius 1 is 1.30 bits per heavy atom. The lowest BCUT2D eigenvalue weighted by molar-refractivity contribution is -0.145. The van der Waals surface area contributed by atoms with Gasteiger partial charge >= 0.3 is 0 Å². The topological polar surface area (TPSA) is 59.0 Å². The van der Waals surface area contributed by atoms with Crippen molar-refractivity contribution in [2.45, 2.75) is 52.1 Å². The minimum absolute atomic E-state index is 0.0638. The van der Waals surface area contributed by atoms with Gasteiger partial charge in [0.05, 0.1) is 5.71 Å². The van der Waals surface area contributed by atoms with E-state index in [-0.39, 0.29) is 23.4 Å². The van der Waals surface area contributed by atoms with Gasteiger partial charge in [-0.15, -0.1) is 0 Å². The van der Waals surface area contributed by atoms with Gasteiger partial charge in [0.1, 0.15) is 11.6 Å². The van der Waals surface area contributed by atoms with E-state index in [0.717, 1.165) is 24.1 Å². The number of piperidine rings is 1. The van der Waals surface area contributed by atoms with Crippen LogP contribution in [-0.4, -0.2) is 41.5 Å². The van der Waals surface area contributed by atoms with Gasteiger partial charge in [-0.2, -0.15) is 0 Å². The second-order valence-corrected chi connectivity index (χ2v) is 7.95. The largest absolute Gasteiger partial charge is 0.382 e. The van der Waals surface area contributed by atoms with Crippen LogP contribution in [0, 0.1) is 17.7 Å². The molecule has 0 unspecified atom stereocenters. The molecule has 0 radical (unpaired) electrons. The number of halogens is 1. The Kier molecular flexibility index (Phi) is 6.24. The normalized spacial score (nSPS) is 22.5. The van der Waals surface area contributed by atoms with E-state index in [1.165, 1.54) is 12.1 Å². The second kappa shape index (κ2) is 8.63. The first kappa shape index (κ1) is 19.5. The van der Waals surface area contributed by atoms with Crippen molar-refractivity contribution < 1.29 is 18.8 Å². The number of benzene rings is 1. The molecule has 2 heterocycles. The van der Waals surface area contributed by atoms with Crippen LogP contribution in [0.4, 0.5) is 4.39 Å². The van der Waals surface area contributed by atoms with E-state index in [9.17, 15) is 14.0 Å². The molecule has 27 heavy (non-hydrogen) atoms. The number of nitrogens with zero attached hydrogens (tertiary/aromatic N) is 2. The first-order valence-corrected chi connectivity index (χ1v) is 9.70. The molecule has 2 atom stereocenters. The lowest BCUT2D eigenvalue weighted by Crippen LogP contribution is -2.46. The van der Waals surface area contributed by atoms with E-state index in [0.29, 0.717) is 38.3 Å². The molecule has 1 aromatic rings. The Balaban J connectivity index is 1.52. The molecule has 3 rings (SSSR count). The Labute approximate surface area is 159 Å². The number of ketones is 1. The van der Waals surface area contributed by atoms with Gasteiger partial charge in [0.2, 0.25) is 6.10 Å². The maximum atomic E-state index is 13.0. The summed E-state index contributed by atoms with van der Waals surface area (Å²) in [6.45, 7) is 5.22. The summed E-state index contributed by atoms with van der Waals surface area (Å²) in [7, 11) is 0. The van der Waals surface area contributed by atoms with Gasteiger partial charge < -0.3 is 9.74 Å². The Morgan fingerprint density at radius 2 is 2.04 bits per heavy atom. The minimum atomic E-state index is -0.612. The molecule has 0 aliphatic carbocycles. The Hall–Kier alpha value is -2.24. The fourth-order valence-corrected chi connectivity index (χ4v) is 3.71. The highest BCUT2D eigenvalue weighted by Gasteiger charge is 2.35. The van der Waals surface area contributed by atoms with Crippen molar-refractivity contribution in [3.05, 3.63) is 35.6 Å². The third-order valence-electron chi connectivity index (χ3n) is 5.12. The highest BCUT2D eigenvalue weighted by Crippen LogP contribution is 2.23. The van der Waals surface area contributed by atoms with Crippen LogP contribution in [0.3, 0.4) is 0 Å². The highest BCUT2D eigenvalue weighted by atomic mass is 19.1. The van der Waals surface area contributed by atoms with Crippen molar-refractivity contribution >= 4 is 17.4 Å². The number of rotatable bonds is 6. The van der Waals surface area contributed by atoms with Crippen molar-refractivity contribution in [3.63, 3.8) is 0 Å². The van der Waals surface area contributed by atoms with Gasteiger partial charge in [-0.3, -0.25) is 9.59 Å². The molecule has 1 aromatic carbocycles. The summed E-state index contributed by atoms with van der Waals surface area (Å²) in [5, 5.41) is 4.05. The van der Waals surface area contributed by atoms with Crippen LogP contribution >= 0.6 is 0 Å². The van der Waals surface area contributed by atoms with Crippen molar-refractivity contribution in [2.75, 3.05) is 13.1 Å². The molecule has 0 aromatic heterocycles. The van der Waals surface area contributed by atoms with Crippen molar-refractivity contribution in [2.24, 2.45) is 17.0 Å². The standard InChI is InChI=1S/C21H27FN2O3/c1-14(2)10-19(25)16-4-3-9-24(13-16)21(26)20-12-18(23-27-20)11-15-5-7-17(22)8-6-15/h5-8,14,16,20H,3-4,9-13H2,1-2H3/t16-,20+/m0/s1. The maximum absolute atomic E-state index is 13.0. The number of hydrogen-bond donors (Lipinski definition) is 0. The number of amides is 1. The lowest BCUT2D eigenvalue weighted by atomic mass is 9.89. The van der Waals surface area contributed by atoms with Crippen LogP contribution in [0.25, 0.3) is 0 Å². The van der Waals surface area contributed by atoms with Crippen LogP contribution in [0.1, 0.15) is 45.1 Å². The summed E-state index contributed by atoms with van der Waals surface area (Å²) >= 11 is 0. The van der Waals surface area contributed by atoms with Crippen LogP contribution in [0.2, 0.25) is 0 Å². The molecule has 0 N–H and O–H groups in total. The summed E-state index contributed by atoms with van der Waals surface area (Å²) < 4.78 is 13.0. The number of likely N-dealkylation sites (tertiary alicyclic amines) is 1. The van der Waals surface area contributed by atoms with Crippen LogP contribution < -0.4 is 0 Å². The monoisotopic (exact) mass is 374 g/mol. The van der Waals surface area contributed by atoms with Crippen molar-refractivity contribution in [1.82, 2.24) is 4.90 Å². The maximum Gasteiger partial charge on any atom is 0.266 e. The summed E-state index contributed by atoms with van der Waals surface area (Å²) in [4.78, 5) is 32.3. The van der Waals surface area contributed by atoms with Crippen molar-refractivity contribution in [3.8, 4) is 0 Å². The molecule has 5 nitrogen and oxygen atoms in total. The molecule has 1 amide bonds. The average molecular weight is 374 g/mol. The highest BCUT2D eigenvalue weighted by molar-refractivity contribution is 5.94. The SMILES string of the molecule is CC(C)CC(=O)[C@H]1CCCN(C(=O)[C@H]2CC(Cc3ccc(F)cc3)=NO2)C1. The summed E-state index contributed by atoms with van der Waals surface area (Å²) in [5.41, 5.74) is 1.72. The fraction of sp³-hybridized carbons (Fsp3) is 0.571. The van der Waals surface area contributed by atoms with Gasteiger partial charge in [-0.1, -0.05) is 31.1 Å². The molecular formula is C21H27FN2O3. The van der Waals surface area contributed by atoms with E-state index < -0.39 is 6.10 Å². The van der Waals surface area contributed by atoms with Crippen molar-refractivity contribution in [1.29, 1.82) is 0 Å². The van der Waals surface area contributed by atoms with Crippen LogP contribution in [0.15, 0.2) is 29.4 Å². The minimum Gasteiger partial charge on any atom is -0.382 e. The van der Waals surface area contributed by atoms with Gasteiger partial charge in [-0.05, 0) is 36.5 Å².